The van der Waals surface area contributed by atoms with E-state index in [0.717, 1.165) is 11.1 Å². The number of hydrogen-bond acceptors (Lipinski definition) is 4. The summed E-state index contributed by atoms with van der Waals surface area (Å²) in [5.41, 5.74) is 8.04. The van der Waals surface area contributed by atoms with Gasteiger partial charge in [-0.1, -0.05) is 29.8 Å². The minimum absolute atomic E-state index is 0.105. The maximum absolute atomic E-state index is 9.46. The lowest BCUT2D eigenvalue weighted by molar-refractivity contribution is 0.381. The Bertz CT molecular complexity index is 809. The zero-order chi connectivity index (χ0) is 15.7. The molecule has 22 heavy (non-hydrogen) atoms. The number of rotatable bonds is 2. The fraction of sp³-hybridized carbons (Fsp3) is 0.118. The molecule has 2 aromatic carbocycles. The van der Waals surface area contributed by atoms with Gasteiger partial charge >= 0.3 is 0 Å². The summed E-state index contributed by atoms with van der Waals surface area (Å²) in [6.45, 7) is 0. The molecule has 0 radical (unpaired) electrons. The summed E-state index contributed by atoms with van der Waals surface area (Å²) >= 11 is 6.08. The summed E-state index contributed by atoms with van der Waals surface area (Å²) in [5.74, 6) is 1.05. The Kier molecular flexibility index (Phi) is 3.66. The zero-order valence-electron chi connectivity index (χ0n) is 11.8. The van der Waals surface area contributed by atoms with E-state index in [4.69, 9.17) is 26.8 Å². The average molecular weight is 313 g/mol. The van der Waals surface area contributed by atoms with Gasteiger partial charge in [-0.2, -0.15) is 5.26 Å². The van der Waals surface area contributed by atoms with Crippen LogP contribution in [0.5, 0.6) is 11.5 Å². The van der Waals surface area contributed by atoms with Crippen LogP contribution in [0, 0.1) is 11.3 Å². The summed E-state index contributed by atoms with van der Waals surface area (Å²) < 4.78 is 10.8. The van der Waals surface area contributed by atoms with E-state index in [2.05, 4.69) is 6.07 Å². The molecule has 5 heteroatoms. The van der Waals surface area contributed by atoms with Crippen LogP contribution in [0.3, 0.4) is 0 Å². The predicted octanol–water partition coefficient (Wildman–Crippen LogP) is 3.57. The molecule has 0 fully saturated rings. The third-order valence-corrected chi connectivity index (χ3v) is 3.84. The first-order chi connectivity index (χ1) is 10.6. The van der Waals surface area contributed by atoms with Crippen LogP contribution in [0.2, 0.25) is 5.02 Å². The minimum atomic E-state index is -0.307. The number of halogens is 1. The molecule has 1 atom stereocenters. The van der Waals surface area contributed by atoms with Gasteiger partial charge in [-0.25, -0.2) is 0 Å². The monoisotopic (exact) mass is 312 g/mol. The Labute approximate surface area is 133 Å². The first-order valence-electron chi connectivity index (χ1n) is 6.65. The molecule has 2 aromatic rings. The van der Waals surface area contributed by atoms with Crippen LogP contribution >= 0.6 is 11.6 Å². The highest BCUT2D eigenvalue weighted by Gasteiger charge is 2.30. The van der Waals surface area contributed by atoms with E-state index in [1.807, 2.05) is 30.3 Å². The van der Waals surface area contributed by atoms with Gasteiger partial charge in [-0.15, -0.1) is 0 Å². The molecular weight excluding hydrogens is 300 g/mol. The maximum Gasteiger partial charge on any atom is 0.205 e. The SMILES string of the molecule is COc1ccc2c(c1)OC(N)=C(C#N)[C@H]2c1cccc(Cl)c1. The average Bonchev–Trinajstić information content (AvgIpc) is 2.52. The van der Waals surface area contributed by atoms with E-state index in [0.29, 0.717) is 22.1 Å². The number of nitriles is 1. The molecule has 1 heterocycles. The van der Waals surface area contributed by atoms with Crippen LogP contribution in [-0.2, 0) is 0 Å². The largest absolute Gasteiger partial charge is 0.497 e. The summed E-state index contributed by atoms with van der Waals surface area (Å²) in [7, 11) is 1.58. The summed E-state index contributed by atoms with van der Waals surface area (Å²) in [6, 6.07) is 15.0. The topological polar surface area (TPSA) is 68.3 Å². The second-order valence-electron chi connectivity index (χ2n) is 4.88. The molecule has 1 aliphatic rings. The second-order valence-corrected chi connectivity index (χ2v) is 5.32. The number of methoxy groups -OCH3 is 1. The normalized spacial score (nSPS) is 16.5. The van der Waals surface area contributed by atoms with Crippen LogP contribution in [0.4, 0.5) is 0 Å². The van der Waals surface area contributed by atoms with Crippen LogP contribution in [-0.4, -0.2) is 7.11 Å². The van der Waals surface area contributed by atoms with Crippen molar-refractivity contribution in [2.45, 2.75) is 5.92 Å². The van der Waals surface area contributed by atoms with Crippen molar-refractivity contribution in [3.05, 3.63) is 70.1 Å². The van der Waals surface area contributed by atoms with Crippen LogP contribution in [0.25, 0.3) is 0 Å². The van der Waals surface area contributed by atoms with E-state index >= 15 is 0 Å². The van der Waals surface area contributed by atoms with E-state index in [9.17, 15) is 5.26 Å². The number of ether oxygens (including phenoxy) is 2. The number of hydrogen-bond donors (Lipinski definition) is 1. The van der Waals surface area contributed by atoms with Crippen molar-refractivity contribution in [1.29, 1.82) is 5.26 Å². The smallest absolute Gasteiger partial charge is 0.205 e. The number of nitrogens with zero attached hydrogens (tertiary/aromatic N) is 1. The molecule has 110 valence electrons. The summed E-state index contributed by atoms with van der Waals surface area (Å²) in [4.78, 5) is 0. The fourth-order valence-electron chi connectivity index (χ4n) is 2.59. The number of fused-ring (bicyclic) bond motifs is 1. The molecule has 4 nitrogen and oxygen atoms in total. The zero-order valence-corrected chi connectivity index (χ0v) is 12.6. The Morgan fingerprint density at radius 3 is 2.77 bits per heavy atom. The van der Waals surface area contributed by atoms with Gasteiger partial charge in [-0.05, 0) is 23.8 Å². The molecule has 0 amide bonds. The number of nitrogens with two attached hydrogens (primary N) is 1. The Morgan fingerprint density at radius 2 is 2.09 bits per heavy atom. The molecule has 0 spiro atoms. The lowest BCUT2D eigenvalue weighted by Gasteiger charge is -2.26. The number of allylic oxidation sites excluding steroid dienone is 1. The van der Waals surface area contributed by atoms with E-state index in [-0.39, 0.29) is 11.8 Å². The maximum atomic E-state index is 9.46. The van der Waals surface area contributed by atoms with Crippen molar-refractivity contribution >= 4 is 11.6 Å². The Hall–Kier alpha value is -2.64. The van der Waals surface area contributed by atoms with Crippen molar-refractivity contribution in [2.24, 2.45) is 5.73 Å². The van der Waals surface area contributed by atoms with Gasteiger partial charge in [0, 0.05) is 16.7 Å². The molecule has 3 rings (SSSR count). The van der Waals surface area contributed by atoms with Gasteiger partial charge in [0.25, 0.3) is 0 Å². The second kappa shape index (κ2) is 5.63. The Morgan fingerprint density at radius 1 is 1.27 bits per heavy atom. The van der Waals surface area contributed by atoms with Crippen LogP contribution < -0.4 is 15.2 Å². The lowest BCUT2D eigenvalue weighted by Crippen LogP contribution is -2.21. The van der Waals surface area contributed by atoms with Crippen molar-refractivity contribution < 1.29 is 9.47 Å². The highest BCUT2D eigenvalue weighted by atomic mass is 35.5. The van der Waals surface area contributed by atoms with Gasteiger partial charge in [-0.3, -0.25) is 0 Å². The molecule has 0 aliphatic carbocycles. The predicted molar refractivity (Wildman–Crippen MR) is 83.7 cm³/mol. The third-order valence-electron chi connectivity index (χ3n) is 3.61. The highest BCUT2D eigenvalue weighted by molar-refractivity contribution is 6.30. The van der Waals surface area contributed by atoms with Gasteiger partial charge in [0.05, 0.1) is 13.0 Å². The molecular formula is C17H13ClN2O2. The third kappa shape index (κ3) is 2.36. The highest BCUT2D eigenvalue weighted by Crippen LogP contribution is 2.43. The first-order valence-corrected chi connectivity index (χ1v) is 7.03. The van der Waals surface area contributed by atoms with E-state index in [1.165, 1.54) is 0 Å². The van der Waals surface area contributed by atoms with Crippen molar-refractivity contribution in [1.82, 2.24) is 0 Å². The van der Waals surface area contributed by atoms with Crippen LogP contribution in [0.1, 0.15) is 17.0 Å². The summed E-state index contributed by atoms with van der Waals surface area (Å²) in [6.07, 6.45) is 0. The standard InChI is InChI=1S/C17H13ClN2O2/c1-21-12-5-6-13-15(8-12)22-17(20)14(9-19)16(13)10-3-2-4-11(18)7-10/h2-8,16H,20H2,1H3/t16-/m0/s1. The van der Waals surface area contributed by atoms with Gasteiger partial charge in [0.2, 0.25) is 5.88 Å². The molecule has 1 aliphatic heterocycles. The van der Waals surface area contributed by atoms with Gasteiger partial charge < -0.3 is 15.2 Å². The molecule has 0 aromatic heterocycles. The van der Waals surface area contributed by atoms with Gasteiger partial charge in [0.15, 0.2) is 0 Å². The quantitative estimate of drug-likeness (QED) is 0.920. The Balaban J connectivity index is 2.21. The molecule has 0 saturated carbocycles. The minimum Gasteiger partial charge on any atom is -0.497 e. The molecule has 2 N–H and O–H groups in total. The van der Waals surface area contributed by atoms with E-state index < -0.39 is 0 Å². The van der Waals surface area contributed by atoms with Crippen molar-refractivity contribution in [2.75, 3.05) is 7.11 Å². The fourth-order valence-corrected chi connectivity index (χ4v) is 2.79. The lowest BCUT2D eigenvalue weighted by atomic mass is 9.83. The molecule has 0 unspecified atom stereocenters. The van der Waals surface area contributed by atoms with Crippen molar-refractivity contribution in [3.8, 4) is 17.6 Å². The van der Waals surface area contributed by atoms with Crippen LogP contribution in [0.15, 0.2) is 53.9 Å². The first kappa shape index (κ1) is 14.3. The van der Waals surface area contributed by atoms with Gasteiger partial charge in [0.1, 0.15) is 23.1 Å². The van der Waals surface area contributed by atoms with Crippen molar-refractivity contribution in [3.63, 3.8) is 0 Å². The van der Waals surface area contributed by atoms with E-state index in [1.54, 1.807) is 19.2 Å². The number of benzene rings is 2. The molecule has 0 bridgehead atoms. The summed E-state index contributed by atoms with van der Waals surface area (Å²) in [5, 5.41) is 10.1. The molecule has 0 saturated heterocycles.